The maximum absolute atomic E-state index is 13.1. The van der Waals surface area contributed by atoms with E-state index in [0.29, 0.717) is 25.3 Å². The molecule has 2 rings (SSSR count). The van der Waals surface area contributed by atoms with E-state index in [1.807, 2.05) is 43.3 Å². The van der Waals surface area contributed by atoms with Crippen LogP contribution in [0.15, 0.2) is 53.0 Å². The highest BCUT2D eigenvalue weighted by Crippen LogP contribution is 2.18. The topological polar surface area (TPSA) is 67.9 Å². The third-order valence-electron chi connectivity index (χ3n) is 4.90. The third kappa shape index (κ3) is 7.90. The summed E-state index contributed by atoms with van der Waals surface area (Å²) >= 11 is 3.38. The molecule has 0 saturated heterocycles. The lowest BCUT2D eigenvalue weighted by Crippen LogP contribution is -2.50. The Labute approximate surface area is 193 Å². The van der Waals surface area contributed by atoms with E-state index in [9.17, 15) is 9.59 Å². The predicted molar refractivity (Wildman–Crippen MR) is 125 cm³/mol. The minimum atomic E-state index is -0.569. The van der Waals surface area contributed by atoms with Gasteiger partial charge in [-0.3, -0.25) is 9.59 Å². The zero-order valence-corrected chi connectivity index (χ0v) is 20.0. The van der Waals surface area contributed by atoms with E-state index in [4.69, 9.17) is 9.47 Å². The highest BCUT2D eigenvalue weighted by molar-refractivity contribution is 9.10. The molecular formula is C24H31BrN2O4. The van der Waals surface area contributed by atoms with Crippen molar-refractivity contribution in [3.8, 4) is 11.5 Å². The van der Waals surface area contributed by atoms with Gasteiger partial charge in [-0.2, -0.15) is 0 Å². The maximum Gasteiger partial charge on any atom is 0.261 e. The zero-order valence-electron chi connectivity index (χ0n) is 18.4. The number of hydrogen-bond acceptors (Lipinski definition) is 4. The Hall–Kier alpha value is -2.54. The molecule has 0 unspecified atom stereocenters. The van der Waals surface area contributed by atoms with Gasteiger partial charge in [-0.25, -0.2) is 0 Å². The van der Waals surface area contributed by atoms with Crippen LogP contribution in [0.1, 0.15) is 38.7 Å². The maximum atomic E-state index is 13.1. The highest BCUT2D eigenvalue weighted by atomic mass is 79.9. The predicted octanol–water partition coefficient (Wildman–Crippen LogP) is 4.56. The molecule has 2 aromatic rings. The fourth-order valence-corrected chi connectivity index (χ4v) is 3.38. The summed E-state index contributed by atoms with van der Waals surface area (Å²) in [5.41, 5.74) is 0.914. The van der Waals surface area contributed by atoms with Gasteiger partial charge in [0.15, 0.2) is 6.61 Å². The zero-order chi connectivity index (χ0) is 22.6. The molecule has 0 spiro atoms. The minimum absolute atomic E-state index is 0.138. The Morgan fingerprint density at radius 2 is 1.68 bits per heavy atom. The number of benzene rings is 2. The molecule has 0 fully saturated rings. The van der Waals surface area contributed by atoms with Crippen LogP contribution in [-0.4, -0.2) is 43.0 Å². The first-order chi connectivity index (χ1) is 15.0. The number of methoxy groups -OCH3 is 1. The molecule has 168 valence electrons. The van der Waals surface area contributed by atoms with Crippen LogP contribution in [0, 0.1) is 0 Å². The summed E-state index contributed by atoms with van der Waals surface area (Å²) in [7, 11) is 1.61. The quantitative estimate of drug-likeness (QED) is 0.442. The van der Waals surface area contributed by atoms with E-state index in [0.717, 1.165) is 28.6 Å². The summed E-state index contributed by atoms with van der Waals surface area (Å²) < 4.78 is 11.8. The van der Waals surface area contributed by atoms with Crippen molar-refractivity contribution < 1.29 is 19.1 Å². The highest BCUT2D eigenvalue weighted by Gasteiger charge is 2.28. The van der Waals surface area contributed by atoms with Crippen molar-refractivity contribution in [2.45, 2.75) is 45.7 Å². The van der Waals surface area contributed by atoms with Crippen LogP contribution in [0.4, 0.5) is 0 Å². The van der Waals surface area contributed by atoms with Crippen LogP contribution in [0.3, 0.4) is 0 Å². The minimum Gasteiger partial charge on any atom is -0.497 e. The molecule has 6 nitrogen and oxygen atoms in total. The monoisotopic (exact) mass is 490 g/mol. The molecule has 0 radical (unpaired) electrons. The van der Waals surface area contributed by atoms with Gasteiger partial charge in [0, 0.05) is 17.6 Å². The Balaban J connectivity index is 2.16. The molecule has 2 aromatic carbocycles. The molecule has 0 aliphatic heterocycles. The standard InChI is InChI=1S/C24H31BrN2O4/c1-4-6-15-26-24(29)22(5-2)27(16-18-7-11-20(30-3)12-8-18)23(28)17-31-21-13-9-19(25)10-14-21/h7-14,22H,4-6,15-17H2,1-3H3,(H,26,29)/t22-/m0/s1. The van der Waals surface area contributed by atoms with Crippen LogP contribution in [0.25, 0.3) is 0 Å². The number of carbonyl (C=O) groups excluding carboxylic acids is 2. The van der Waals surface area contributed by atoms with Crippen LogP contribution < -0.4 is 14.8 Å². The Bertz CT molecular complexity index is 824. The largest absolute Gasteiger partial charge is 0.497 e. The van der Waals surface area contributed by atoms with E-state index >= 15 is 0 Å². The normalized spacial score (nSPS) is 11.5. The molecule has 0 bridgehead atoms. The number of amides is 2. The molecular weight excluding hydrogens is 460 g/mol. The van der Waals surface area contributed by atoms with Gasteiger partial charge in [-0.05, 0) is 54.8 Å². The number of nitrogens with one attached hydrogen (secondary N) is 1. The molecule has 0 aromatic heterocycles. The van der Waals surface area contributed by atoms with E-state index in [1.54, 1.807) is 24.1 Å². The summed E-state index contributed by atoms with van der Waals surface area (Å²) in [4.78, 5) is 27.6. The number of hydrogen-bond donors (Lipinski definition) is 1. The molecule has 0 aliphatic rings. The number of halogens is 1. The van der Waals surface area contributed by atoms with Crippen molar-refractivity contribution in [2.24, 2.45) is 0 Å². The van der Waals surface area contributed by atoms with Gasteiger partial charge in [0.1, 0.15) is 17.5 Å². The molecule has 2 amide bonds. The summed E-state index contributed by atoms with van der Waals surface area (Å²) in [5.74, 6) is 0.962. The second-order valence-electron chi connectivity index (χ2n) is 7.18. The fraction of sp³-hybridized carbons (Fsp3) is 0.417. The summed E-state index contributed by atoms with van der Waals surface area (Å²) in [6.07, 6.45) is 2.41. The smallest absolute Gasteiger partial charge is 0.261 e. The first-order valence-corrected chi connectivity index (χ1v) is 11.4. The summed E-state index contributed by atoms with van der Waals surface area (Å²) in [6.45, 7) is 4.75. The molecule has 1 atom stereocenters. The molecule has 0 heterocycles. The van der Waals surface area contributed by atoms with Crippen molar-refractivity contribution in [2.75, 3.05) is 20.3 Å². The van der Waals surface area contributed by atoms with Gasteiger partial charge in [0.05, 0.1) is 7.11 Å². The number of unbranched alkanes of at least 4 members (excludes halogenated alkanes) is 1. The molecule has 0 saturated carbocycles. The fourth-order valence-electron chi connectivity index (χ4n) is 3.11. The van der Waals surface area contributed by atoms with E-state index in [-0.39, 0.29) is 18.4 Å². The molecule has 31 heavy (non-hydrogen) atoms. The molecule has 7 heteroatoms. The van der Waals surface area contributed by atoms with E-state index in [2.05, 4.69) is 28.2 Å². The first kappa shape index (κ1) is 24.7. The average molecular weight is 491 g/mol. The lowest BCUT2D eigenvalue weighted by Gasteiger charge is -2.30. The lowest BCUT2D eigenvalue weighted by molar-refractivity contribution is -0.143. The van der Waals surface area contributed by atoms with Crippen molar-refractivity contribution in [1.82, 2.24) is 10.2 Å². The second kappa shape index (κ2) is 13.0. The van der Waals surface area contributed by atoms with Gasteiger partial charge >= 0.3 is 0 Å². The Kier molecular flexibility index (Phi) is 10.4. The van der Waals surface area contributed by atoms with Crippen LogP contribution >= 0.6 is 15.9 Å². The van der Waals surface area contributed by atoms with Crippen LogP contribution in [-0.2, 0) is 16.1 Å². The Morgan fingerprint density at radius 1 is 1.03 bits per heavy atom. The SMILES string of the molecule is CCCCNC(=O)[C@H](CC)N(Cc1ccc(OC)cc1)C(=O)COc1ccc(Br)cc1. The van der Waals surface area contributed by atoms with E-state index < -0.39 is 6.04 Å². The Morgan fingerprint density at radius 3 is 2.26 bits per heavy atom. The van der Waals surface area contributed by atoms with Crippen molar-refractivity contribution in [3.05, 3.63) is 58.6 Å². The van der Waals surface area contributed by atoms with Gasteiger partial charge < -0.3 is 19.7 Å². The van der Waals surface area contributed by atoms with Crippen molar-refractivity contribution in [1.29, 1.82) is 0 Å². The number of nitrogens with zero attached hydrogens (tertiary/aromatic N) is 1. The van der Waals surface area contributed by atoms with Gasteiger partial charge in [0.2, 0.25) is 5.91 Å². The summed E-state index contributed by atoms with van der Waals surface area (Å²) in [5, 5.41) is 2.96. The van der Waals surface area contributed by atoms with Gasteiger partial charge in [0.25, 0.3) is 5.91 Å². The lowest BCUT2D eigenvalue weighted by atomic mass is 10.1. The summed E-state index contributed by atoms with van der Waals surface area (Å²) in [6, 6.07) is 14.2. The van der Waals surface area contributed by atoms with Crippen molar-refractivity contribution in [3.63, 3.8) is 0 Å². The number of carbonyl (C=O) groups is 2. The molecule has 0 aliphatic carbocycles. The average Bonchev–Trinajstić information content (AvgIpc) is 2.79. The number of rotatable bonds is 12. The second-order valence-corrected chi connectivity index (χ2v) is 8.10. The van der Waals surface area contributed by atoms with Crippen LogP contribution in [0.5, 0.6) is 11.5 Å². The van der Waals surface area contributed by atoms with E-state index in [1.165, 1.54) is 0 Å². The number of ether oxygens (including phenoxy) is 2. The first-order valence-electron chi connectivity index (χ1n) is 10.6. The molecule has 1 N–H and O–H groups in total. The van der Waals surface area contributed by atoms with Gasteiger partial charge in [-0.15, -0.1) is 0 Å². The third-order valence-corrected chi connectivity index (χ3v) is 5.43. The van der Waals surface area contributed by atoms with Crippen molar-refractivity contribution >= 4 is 27.7 Å². The van der Waals surface area contributed by atoms with Crippen LogP contribution in [0.2, 0.25) is 0 Å². The van der Waals surface area contributed by atoms with Gasteiger partial charge in [-0.1, -0.05) is 48.3 Å².